The number of nitrogens with two attached hydrogens (primary N) is 1. The van der Waals surface area contributed by atoms with Crippen LogP contribution in [0.15, 0.2) is 24.3 Å². The van der Waals surface area contributed by atoms with E-state index in [0.29, 0.717) is 5.69 Å². The van der Waals surface area contributed by atoms with E-state index in [4.69, 9.17) is 5.73 Å². The maximum absolute atomic E-state index is 14.4. The average molecular weight is 286 g/mol. The van der Waals surface area contributed by atoms with E-state index in [0.717, 1.165) is 24.1 Å². The van der Waals surface area contributed by atoms with Crippen molar-refractivity contribution in [1.82, 2.24) is 4.57 Å². The fraction of sp³-hybridized carbons (Fsp3) is 0.444. The highest BCUT2D eigenvalue weighted by Gasteiger charge is 2.33. The second kappa shape index (κ2) is 4.70. The SMILES string of the molecule is Cc1ccc(-n2c(C)cc3c2CC(C)(C)CC3N)c(F)c1. The van der Waals surface area contributed by atoms with E-state index < -0.39 is 0 Å². The highest BCUT2D eigenvalue weighted by Crippen LogP contribution is 2.42. The van der Waals surface area contributed by atoms with Gasteiger partial charge in [0.2, 0.25) is 0 Å². The third-order valence-corrected chi connectivity index (χ3v) is 4.48. The fourth-order valence-electron chi connectivity index (χ4n) is 3.58. The van der Waals surface area contributed by atoms with Crippen molar-refractivity contribution in [2.45, 2.75) is 46.6 Å². The number of fused-ring (bicyclic) bond motifs is 1. The third kappa shape index (κ3) is 2.40. The van der Waals surface area contributed by atoms with Gasteiger partial charge in [-0.15, -0.1) is 0 Å². The van der Waals surface area contributed by atoms with Crippen molar-refractivity contribution in [2.24, 2.45) is 11.1 Å². The van der Waals surface area contributed by atoms with Gasteiger partial charge in [0.25, 0.3) is 0 Å². The van der Waals surface area contributed by atoms with Gasteiger partial charge in [-0.05, 0) is 61.4 Å². The zero-order chi connectivity index (χ0) is 15.4. The Morgan fingerprint density at radius 3 is 2.62 bits per heavy atom. The summed E-state index contributed by atoms with van der Waals surface area (Å²) in [7, 11) is 0. The Morgan fingerprint density at radius 1 is 1.24 bits per heavy atom. The van der Waals surface area contributed by atoms with Gasteiger partial charge in [-0.1, -0.05) is 19.9 Å². The molecule has 0 bridgehead atoms. The number of hydrogen-bond acceptors (Lipinski definition) is 1. The summed E-state index contributed by atoms with van der Waals surface area (Å²) >= 11 is 0. The molecule has 1 heterocycles. The Labute approximate surface area is 125 Å². The summed E-state index contributed by atoms with van der Waals surface area (Å²) in [6, 6.07) is 7.57. The molecule has 1 aromatic carbocycles. The van der Waals surface area contributed by atoms with Gasteiger partial charge in [0, 0.05) is 17.4 Å². The van der Waals surface area contributed by atoms with E-state index in [9.17, 15) is 4.39 Å². The van der Waals surface area contributed by atoms with Gasteiger partial charge in [-0.3, -0.25) is 0 Å². The second-order valence-corrected chi connectivity index (χ2v) is 7.13. The fourth-order valence-corrected chi connectivity index (χ4v) is 3.58. The van der Waals surface area contributed by atoms with Crippen LogP contribution in [0.5, 0.6) is 0 Å². The molecule has 1 aliphatic carbocycles. The summed E-state index contributed by atoms with van der Waals surface area (Å²) in [6.07, 6.45) is 1.90. The molecule has 2 aromatic rings. The minimum Gasteiger partial charge on any atom is -0.324 e. The number of nitrogens with zero attached hydrogens (tertiary/aromatic N) is 1. The number of benzene rings is 1. The number of aryl methyl sites for hydroxylation is 2. The molecule has 1 unspecified atom stereocenters. The van der Waals surface area contributed by atoms with Crippen LogP contribution in [-0.2, 0) is 6.42 Å². The van der Waals surface area contributed by atoms with Crippen LogP contribution in [0.25, 0.3) is 5.69 Å². The van der Waals surface area contributed by atoms with Crippen LogP contribution in [0.4, 0.5) is 4.39 Å². The highest BCUT2D eigenvalue weighted by atomic mass is 19.1. The predicted octanol–water partition coefficient (Wildman–Crippen LogP) is 4.21. The van der Waals surface area contributed by atoms with E-state index in [1.165, 1.54) is 11.3 Å². The van der Waals surface area contributed by atoms with Crippen molar-refractivity contribution in [1.29, 1.82) is 0 Å². The van der Waals surface area contributed by atoms with Gasteiger partial charge in [0.1, 0.15) is 5.82 Å². The lowest BCUT2D eigenvalue weighted by Crippen LogP contribution is -2.30. The van der Waals surface area contributed by atoms with Gasteiger partial charge in [-0.2, -0.15) is 0 Å². The van der Waals surface area contributed by atoms with E-state index in [1.54, 1.807) is 6.07 Å². The van der Waals surface area contributed by atoms with E-state index in [1.807, 2.05) is 30.5 Å². The summed E-state index contributed by atoms with van der Waals surface area (Å²) in [6.45, 7) is 8.39. The highest BCUT2D eigenvalue weighted by molar-refractivity contribution is 5.45. The summed E-state index contributed by atoms with van der Waals surface area (Å²) in [5.41, 5.74) is 11.4. The van der Waals surface area contributed by atoms with Crippen molar-refractivity contribution < 1.29 is 4.39 Å². The molecule has 3 rings (SSSR count). The minimum absolute atomic E-state index is 0.0391. The van der Waals surface area contributed by atoms with Crippen LogP contribution in [0, 0.1) is 25.1 Å². The maximum atomic E-state index is 14.4. The molecule has 1 atom stereocenters. The molecule has 21 heavy (non-hydrogen) atoms. The number of rotatable bonds is 1. The monoisotopic (exact) mass is 286 g/mol. The summed E-state index contributed by atoms with van der Waals surface area (Å²) in [5.74, 6) is -0.173. The molecule has 0 radical (unpaired) electrons. The molecule has 0 spiro atoms. The molecule has 1 aliphatic rings. The molecule has 0 aliphatic heterocycles. The molecule has 2 nitrogen and oxygen atoms in total. The Balaban J connectivity index is 2.21. The van der Waals surface area contributed by atoms with Gasteiger partial charge in [0.15, 0.2) is 0 Å². The average Bonchev–Trinajstić information content (AvgIpc) is 2.65. The molecular formula is C18H23FN2. The molecule has 0 fully saturated rings. The van der Waals surface area contributed by atoms with Crippen molar-refractivity contribution in [3.05, 3.63) is 52.6 Å². The molecule has 0 amide bonds. The first-order valence-electron chi connectivity index (χ1n) is 7.52. The van der Waals surface area contributed by atoms with Crippen LogP contribution in [0.2, 0.25) is 0 Å². The van der Waals surface area contributed by atoms with Crippen molar-refractivity contribution >= 4 is 0 Å². The second-order valence-electron chi connectivity index (χ2n) is 7.13. The summed E-state index contributed by atoms with van der Waals surface area (Å²) in [4.78, 5) is 0. The van der Waals surface area contributed by atoms with Gasteiger partial charge < -0.3 is 10.3 Å². The van der Waals surface area contributed by atoms with Crippen molar-refractivity contribution in [3.8, 4) is 5.69 Å². The van der Waals surface area contributed by atoms with E-state index in [-0.39, 0.29) is 17.3 Å². The Hall–Kier alpha value is -1.61. The smallest absolute Gasteiger partial charge is 0.147 e. The number of halogens is 1. The molecule has 0 saturated heterocycles. The molecule has 112 valence electrons. The van der Waals surface area contributed by atoms with Crippen LogP contribution >= 0.6 is 0 Å². The third-order valence-electron chi connectivity index (χ3n) is 4.48. The lowest BCUT2D eigenvalue weighted by Gasteiger charge is -2.34. The zero-order valence-corrected chi connectivity index (χ0v) is 13.2. The van der Waals surface area contributed by atoms with Gasteiger partial charge in [0.05, 0.1) is 5.69 Å². The zero-order valence-electron chi connectivity index (χ0n) is 13.2. The van der Waals surface area contributed by atoms with Gasteiger partial charge >= 0.3 is 0 Å². The summed E-state index contributed by atoms with van der Waals surface area (Å²) < 4.78 is 16.4. The Bertz CT molecular complexity index is 697. The predicted molar refractivity (Wildman–Crippen MR) is 84.2 cm³/mol. The molecule has 3 heteroatoms. The van der Waals surface area contributed by atoms with Gasteiger partial charge in [-0.25, -0.2) is 4.39 Å². The largest absolute Gasteiger partial charge is 0.324 e. The Morgan fingerprint density at radius 2 is 1.95 bits per heavy atom. The first-order chi connectivity index (χ1) is 9.78. The number of hydrogen-bond donors (Lipinski definition) is 1. The molecular weight excluding hydrogens is 263 g/mol. The first kappa shape index (κ1) is 14.3. The quantitative estimate of drug-likeness (QED) is 0.836. The van der Waals surface area contributed by atoms with Crippen LogP contribution in [-0.4, -0.2) is 4.57 Å². The normalized spacial score (nSPS) is 20.4. The van der Waals surface area contributed by atoms with Crippen molar-refractivity contribution in [2.75, 3.05) is 0 Å². The van der Waals surface area contributed by atoms with Crippen LogP contribution in [0.3, 0.4) is 0 Å². The minimum atomic E-state index is -0.173. The van der Waals surface area contributed by atoms with E-state index >= 15 is 0 Å². The standard InChI is InChI=1S/C18H23FN2/c1-11-5-6-16(14(19)7-11)21-12(2)8-13-15(20)9-18(3,4)10-17(13)21/h5-8,15H,9-10,20H2,1-4H3. The Kier molecular flexibility index (Phi) is 3.21. The maximum Gasteiger partial charge on any atom is 0.147 e. The number of aromatic nitrogens is 1. The molecule has 1 aromatic heterocycles. The lowest BCUT2D eigenvalue weighted by molar-refractivity contribution is 0.278. The lowest BCUT2D eigenvalue weighted by atomic mass is 9.74. The van der Waals surface area contributed by atoms with Crippen LogP contribution in [0.1, 0.15) is 48.8 Å². The molecule has 2 N–H and O–H groups in total. The molecule has 0 saturated carbocycles. The summed E-state index contributed by atoms with van der Waals surface area (Å²) in [5, 5.41) is 0. The first-order valence-corrected chi connectivity index (χ1v) is 7.52. The van der Waals surface area contributed by atoms with Crippen LogP contribution < -0.4 is 5.73 Å². The van der Waals surface area contributed by atoms with E-state index in [2.05, 4.69) is 19.9 Å². The topological polar surface area (TPSA) is 30.9 Å². The van der Waals surface area contributed by atoms with Crippen molar-refractivity contribution in [3.63, 3.8) is 0 Å².